The molecule has 118 heavy (non-hydrogen) atoms. The summed E-state index contributed by atoms with van der Waals surface area (Å²) < 4.78 is 0. The van der Waals surface area contributed by atoms with Crippen LogP contribution < -0.4 is 0 Å². The predicted molar refractivity (Wildman–Crippen MR) is 516 cm³/mol. The van der Waals surface area contributed by atoms with Crippen LogP contribution in [-0.4, -0.2) is 329 Å². The molecule has 7 spiro atoms. The second-order valence-corrected chi connectivity index (χ2v) is 57.1. The molecule has 14 fully saturated rings. The Bertz CT molecular complexity index is 3030. The first kappa shape index (κ1) is 103. The molecule has 0 N–H and O–H groups in total. The molecule has 14 rings (SSSR count). The summed E-state index contributed by atoms with van der Waals surface area (Å²) in [7, 11) is 0. The highest BCUT2D eigenvalue weighted by Gasteiger charge is 2.58. The van der Waals surface area contributed by atoms with Crippen molar-refractivity contribution in [3.8, 4) is 0 Å². The van der Waals surface area contributed by atoms with Crippen LogP contribution in [0, 0.1) is 37.9 Å². The fourth-order valence-electron chi connectivity index (χ4n) is 22.7. The number of piperidine rings is 4. The molecule has 0 aromatic rings. The Morgan fingerprint density at radius 3 is 0.432 bits per heavy atom. The van der Waals surface area contributed by atoms with Crippen molar-refractivity contribution in [2.24, 2.45) is 37.9 Å². The summed E-state index contributed by atoms with van der Waals surface area (Å²) in [6.07, 6.45) is 18.3. The van der Waals surface area contributed by atoms with Gasteiger partial charge in [-0.3, -0.25) is 68.6 Å². The van der Waals surface area contributed by atoms with Gasteiger partial charge in [-0.15, -0.1) is 0 Å². The van der Waals surface area contributed by atoms with Gasteiger partial charge in [-0.1, -0.05) is 0 Å². The summed E-state index contributed by atoms with van der Waals surface area (Å²) in [5, 5.41) is 0. The topological polar surface area (TPSA) is 45.4 Å². The molecule has 0 bridgehead atoms. The Morgan fingerprint density at radius 2 is 0.229 bits per heavy atom. The minimum absolute atomic E-state index is 0.336. The standard InChI is InChI=1S/2C16H32N2.3C15H30N2.C14H28N2.C13H26N2/c1-14(2,3)17-10-7-16(8-11-17)9-12-18(13-16)15(4,5)6;1-14(2,3)17-10-7-8-16(12-17)9-11-18(13-16)15(4,5)6;1-13(2,3)16-9-7-15(11-16)8-10-17(12-15)14(4,5)6;1-13(2,3)16-9-7-15(8-10-16)11-17(12-15)14(4,5)6;1-13(2,3)16-9-7-8-15(10-16)11-17(12-15)14(4,5)6;1-12(2,3)15-8-7-14(9-15)10-16(11-14)13(4,5)6;1-11(2,3)14-7-13(8-14)9-15(10-13)12(4,5)6/h2*7-13H2,1-6H3;3*7-12H2,1-6H3;7-11H2,1-6H3;7-10H2,1-6H3. The van der Waals surface area contributed by atoms with Gasteiger partial charge < -0.3 is 0 Å². The fourth-order valence-corrected chi connectivity index (χ4v) is 22.7. The van der Waals surface area contributed by atoms with Gasteiger partial charge in [0, 0.05) is 205 Å². The largest absolute Gasteiger partial charge is 0.298 e. The van der Waals surface area contributed by atoms with E-state index in [1.54, 1.807) is 0 Å². The van der Waals surface area contributed by atoms with Crippen LogP contribution in [0.25, 0.3) is 0 Å². The Balaban J connectivity index is 0.000000172. The van der Waals surface area contributed by atoms with Gasteiger partial charge in [0.2, 0.25) is 0 Å². The lowest BCUT2D eigenvalue weighted by Gasteiger charge is -2.66. The van der Waals surface area contributed by atoms with E-state index in [0.717, 1.165) is 0 Å². The zero-order chi connectivity index (χ0) is 89.6. The molecule has 14 aliphatic rings. The molecule has 0 radical (unpaired) electrons. The monoisotopic (exact) mass is 1650 g/mol. The van der Waals surface area contributed by atoms with E-state index in [1.165, 1.54) is 267 Å². The van der Waals surface area contributed by atoms with E-state index in [1.807, 2.05) is 0 Å². The number of likely N-dealkylation sites (tertiary alicyclic amines) is 14. The van der Waals surface area contributed by atoms with Gasteiger partial charge in [-0.05, 0) is 468 Å². The Hall–Kier alpha value is -0.560. The van der Waals surface area contributed by atoms with Crippen molar-refractivity contribution >= 4 is 0 Å². The normalized spacial score (nSPS) is 28.0. The summed E-state index contributed by atoms with van der Waals surface area (Å²) >= 11 is 0. The van der Waals surface area contributed by atoms with Crippen LogP contribution in [0.3, 0.4) is 0 Å². The molecule has 14 aliphatic heterocycles. The SMILES string of the molecule is CC(C)(C)N1CC2(C1)CN(C(C)(C)C)C2.CC(C)(C)N1CCC2(C1)CN(C(C)(C)C)C2.CC(C)(C)N1CCC2(CC1)CCN(C(C)(C)C)C2.CC(C)(C)N1CCC2(CC1)CN(C(C)(C)C)C2.CC(C)(C)N1CCC2(CCN(C(C)(C)C)C2)C1.CC(C)(C)N1CCCC2(C1)CN(C(C)(C)C)C2.CC(C)(C)N1CCCC2(CCN(C(C)(C)C)C2)C1. The molecule has 14 saturated heterocycles. The summed E-state index contributed by atoms with van der Waals surface area (Å²) in [5.41, 5.74) is 9.31. The van der Waals surface area contributed by atoms with Crippen molar-refractivity contribution in [2.45, 2.75) is 452 Å². The molecule has 0 aliphatic carbocycles. The van der Waals surface area contributed by atoms with Crippen LogP contribution in [0.1, 0.15) is 374 Å². The minimum Gasteiger partial charge on any atom is -0.298 e. The number of hydrogen-bond donors (Lipinski definition) is 0. The summed E-state index contributed by atoms with van der Waals surface area (Å²) in [4.78, 5) is 37.2. The second-order valence-electron chi connectivity index (χ2n) is 57.1. The molecule has 14 heteroatoms. The smallest absolute Gasteiger partial charge is 0.0213 e. The quantitative estimate of drug-likeness (QED) is 0.231. The Kier molecular flexibility index (Phi) is 31.1. The molecule has 0 amide bonds. The van der Waals surface area contributed by atoms with E-state index in [4.69, 9.17) is 0 Å². The van der Waals surface area contributed by atoms with Crippen LogP contribution in [0.5, 0.6) is 0 Å². The van der Waals surface area contributed by atoms with Crippen molar-refractivity contribution in [2.75, 3.05) is 183 Å². The first-order chi connectivity index (χ1) is 52.9. The van der Waals surface area contributed by atoms with Crippen LogP contribution in [-0.2, 0) is 0 Å². The van der Waals surface area contributed by atoms with Gasteiger partial charge in [-0.25, -0.2) is 0 Å². The lowest BCUT2D eigenvalue weighted by molar-refractivity contribution is -0.167. The average Bonchev–Trinajstić information content (AvgIpc) is 1.39. The van der Waals surface area contributed by atoms with Crippen molar-refractivity contribution in [3.05, 3.63) is 0 Å². The molecule has 0 aromatic carbocycles. The lowest BCUT2D eigenvalue weighted by atomic mass is 9.69. The van der Waals surface area contributed by atoms with Gasteiger partial charge >= 0.3 is 0 Å². The number of hydrogen-bond acceptors (Lipinski definition) is 14. The second kappa shape index (κ2) is 35.7. The molecule has 14 nitrogen and oxygen atoms in total. The summed E-state index contributed by atoms with van der Waals surface area (Å²) in [5.74, 6) is 0. The highest BCUT2D eigenvalue weighted by molar-refractivity contribution is 5.12. The first-order valence-electron chi connectivity index (χ1n) is 49.4. The van der Waals surface area contributed by atoms with Gasteiger partial charge in [0.05, 0.1) is 0 Å². The molecule has 1 unspecified atom stereocenters. The van der Waals surface area contributed by atoms with Crippen LogP contribution in [0.15, 0.2) is 0 Å². The van der Waals surface area contributed by atoms with E-state index in [2.05, 4.69) is 359 Å². The third-order valence-electron chi connectivity index (χ3n) is 32.7. The predicted octanol–water partition coefficient (Wildman–Crippen LogP) is 20.5. The summed E-state index contributed by atoms with van der Waals surface area (Å²) in [6, 6.07) is 0. The molecule has 694 valence electrons. The van der Waals surface area contributed by atoms with E-state index in [9.17, 15) is 0 Å². The van der Waals surface area contributed by atoms with Crippen molar-refractivity contribution in [1.82, 2.24) is 68.6 Å². The van der Waals surface area contributed by atoms with E-state index >= 15 is 0 Å². The van der Waals surface area contributed by atoms with Crippen molar-refractivity contribution < 1.29 is 0 Å². The Morgan fingerprint density at radius 1 is 0.110 bits per heavy atom. The maximum Gasteiger partial charge on any atom is 0.0213 e. The van der Waals surface area contributed by atoms with Gasteiger partial charge in [0.1, 0.15) is 0 Å². The molecule has 0 saturated carbocycles. The molecule has 0 aromatic heterocycles. The first-order valence-corrected chi connectivity index (χ1v) is 49.4. The van der Waals surface area contributed by atoms with Crippen LogP contribution >= 0.6 is 0 Å². The highest BCUT2D eigenvalue weighted by Crippen LogP contribution is 2.51. The zero-order valence-electron chi connectivity index (χ0n) is 87.8. The van der Waals surface area contributed by atoms with Gasteiger partial charge in [0.25, 0.3) is 0 Å². The van der Waals surface area contributed by atoms with E-state index in [-0.39, 0.29) is 0 Å². The minimum atomic E-state index is 0.336. The molecular formula is C104H208N14. The van der Waals surface area contributed by atoms with Crippen LogP contribution in [0.4, 0.5) is 0 Å². The molecule has 1 atom stereocenters. The van der Waals surface area contributed by atoms with Crippen LogP contribution in [0.2, 0.25) is 0 Å². The maximum absolute atomic E-state index is 2.71. The fraction of sp³-hybridized carbons (Fsp3) is 1.00. The molecular weight excluding hydrogens is 1450 g/mol. The van der Waals surface area contributed by atoms with E-state index in [0.29, 0.717) is 115 Å². The van der Waals surface area contributed by atoms with Gasteiger partial charge in [0.15, 0.2) is 0 Å². The Labute approximate surface area is 737 Å². The average molecular weight is 1650 g/mol. The summed E-state index contributed by atoms with van der Waals surface area (Å²) in [6.45, 7) is 135. The van der Waals surface area contributed by atoms with Crippen molar-refractivity contribution in [1.29, 1.82) is 0 Å². The highest BCUT2D eigenvalue weighted by atomic mass is 15.4. The van der Waals surface area contributed by atoms with E-state index < -0.39 is 0 Å². The number of nitrogens with zero attached hydrogens (tertiary/aromatic N) is 14. The third-order valence-corrected chi connectivity index (χ3v) is 32.7. The third kappa shape index (κ3) is 27.0. The zero-order valence-corrected chi connectivity index (χ0v) is 87.8. The lowest BCUT2D eigenvalue weighted by Crippen LogP contribution is -2.76. The maximum atomic E-state index is 2.71. The molecule has 14 heterocycles. The van der Waals surface area contributed by atoms with Gasteiger partial charge in [-0.2, -0.15) is 0 Å². The van der Waals surface area contributed by atoms with Crippen molar-refractivity contribution in [3.63, 3.8) is 0 Å². The number of rotatable bonds is 0.